The lowest BCUT2D eigenvalue weighted by molar-refractivity contribution is -0.144. The minimum absolute atomic E-state index is 0.000553. The van der Waals surface area contributed by atoms with Crippen LogP contribution in [0.3, 0.4) is 0 Å². The maximum absolute atomic E-state index is 14.1. The number of halogens is 5. The number of rotatable bonds is 3. The summed E-state index contributed by atoms with van der Waals surface area (Å²) in [6, 6.07) is 8.25. The second-order valence-corrected chi connectivity index (χ2v) is 6.18. The molecule has 1 amide bonds. The summed E-state index contributed by atoms with van der Waals surface area (Å²) in [5.41, 5.74) is 0.595. The first-order valence-electron chi connectivity index (χ1n) is 8.37. The number of hydrogen-bond donors (Lipinski definition) is 2. The van der Waals surface area contributed by atoms with Gasteiger partial charge in [-0.2, -0.15) is 18.3 Å². The normalized spacial score (nSPS) is 11.6. The van der Waals surface area contributed by atoms with Gasteiger partial charge in [-0.3, -0.25) is 9.89 Å². The minimum Gasteiger partial charge on any atom is -0.318 e. The lowest BCUT2D eigenvalue weighted by Crippen LogP contribution is -2.15. The number of benzene rings is 2. The number of amides is 1. The maximum atomic E-state index is 14.1. The molecule has 0 saturated carbocycles. The van der Waals surface area contributed by atoms with Gasteiger partial charge in [0.1, 0.15) is 0 Å². The fraction of sp³-hybridized carbons (Fsp3) is 0.0526. The van der Waals surface area contributed by atoms with Gasteiger partial charge in [-0.25, -0.2) is 18.7 Å². The molecular formula is C19H10F5N5O. The standard InChI is InChI=1S/C19H10F5N5O/c20-13-3-1-2-11(15(13)21)9-4-5-14-12(6-9)16(29-28-14)17(30)27-10-7-25-18(26-8-10)19(22,23)24/h1-8H,(H,27,30)(H,28,29). The third-order valence-corrected chi connectivity index (χ3v) is 4.20. The molecular weight excluding hydrogens is 409 g/mol. The number of hydrogen-bond acceptors (Lipinski definition) is 4. The van der Waals surface area contributed by atoms with Crippen LogP contribution in [0.2, 0.25) is 0 Å². The van der Waals surface area contributed by atoms with Crippen LogP contribution in [0.15, 0.2) is 48.8 Å². The highest BCUT2D eigenvalue weighted by molar-refractivity contribution is 6.11. The quantitative estimate of drug-likeness (QED) is 0.477. The summed E-state index contributed by atoms with van der Waals surface area (Å²) in [5, 5.41) is 9.18. The van der Waals surface area contributed by atoms with Gasteiger partial charge in [-0.1, -0.05) is 18.2 Å². The Morgan fingerprint density at radius 2 is 1.77 bits per heavy atom. The lowest BCUT2D eigenvalue weighted by Gasteiger charge is -2.07. The van der Waals surface area contributed by atoms with E-state index in [4.69, 9.17) is 0 Å². The van der Waals surface area contributed by atoms with Gasteiger partial charge in [0.05, 0.1) is 23.6 Å². The third kappa shape index (κ3) is 3.56. The van der Waals surface area contributed by atoms with Crippen molar-refractivity contribution in [2.75, 3.05) is 5.32 Å². The first-order chi connectivity index (χ1) is 14.2. The van der Waals surface area contributed by atoms with Crippen LogP contribution in [0.25, 0.3) is 22.0 Å². The maximum Gasteiger partial charge on any atom is 0.451 e. The second-order valence-electron chi connectivity index (χ2n) is 6.18. The summed E-state index contributed by atoms with van der Waals surface area (Å²) in [6.07, 6.45) is -3.07. The molecule has 2 heterocycles. The molecule has 0 aliphatic carbocycles. The van der Waals surface area contributed by atoms with Gasteiger partial charge >= 0.3 is 6.18 Å². The number of aromatic amines is 1. The third-order valence-electron chi connectivity index (χ3n) is 4.20. The summed E-state index contributed by atoms with van der Waals surface area (Å²) in [4.78, 5) is 18.9. The van der Waals surface area contributed by atoms with Crippen molar-refractivity contribution in [1.82, 2.24) is 20.2 Å². The van der Waals surface area contributed by atoms with E-state index in [1.165, 1.54) is 24.3 Å². The highest BCUT2D eigenvalue weighted by atomic mass is 19.4. The van der Waals surface area contributed by atoms with Gasteiger partial charge < -0.3 is 5.32 Å². The van der Waals surface area contributed by atoms with E-state index in [-0.39, 0.29) is 16.9 Å². The summed E-state index contributed by atoms with van der Waals surface area (Å²) < 4.78 is 65.2. The van der Waals surface area contributed by atoms with Crippen molar-refractivity contribution in [3.05, 3.63) is 71.9 Å². The Hall–Kier alpha value is -3.89. The fourth-order valence-corrected chi connectivity index (χ4v) is 2.81. The molecule has 0 saturated heterocycles. The Morgan fingerprint density at radius 3 is 2.47 bits per heavy atom. The summed E-state index contributed by atoms with van der Waals surface area (Å²) >= 11 is 0. The molecule has 2 aromatic carbocycles. The number of alkyl halides is 3. The molecule has 4 rings (SSSR count). The molecule has 6 nitrogen and oxygen atoms in total. The van der Waals surface area contributed by atoms with E-state index >= 15 is 0 Å². The van der Waals surface area contributed by atoms with Gasteiger partial charge in [0.25, 0.3) is 5.91 Å². The predicted molar refractivity (Wildman–Crippen MR) is 96.4 cm³/mol. The Bertz CT molecular complexity index is 1250. The van der Waals surface area contributed by atoms with E-state index in [0.717, 1.165) is 18.5 Å². The second kappa shape index (κ2) is 7.17. The van der Waals surface area contributed by atoms with Crippen LogP contribution in [-0.2, 0) is 6.18 Å². The van der Waals surface area contributed by atoms with Crippen molar-refractivity contribution < 1.29 is 26.7 Å². The molecule has 152 valence electrons. The summed E-state index contributed by atoms with van der Waals surface area (Å²) in [7, 11) is 0. The smallest absolute Gasteiger partial charge is 0.318 e. The van der Waals surface area contributed by atoms with Gasteiger partial charge in [-0.15, -0.1) is 0 Å². The Morgan fingerprint density at radius 1 is 1.03 bits per heavy atom. The van der Waals surface area contributed by atoms with E-state index < -0.39 is 29.5 Å². The number of aromatic nitrogens is 4. The average Bonchev–Trinajstić information content (AvgIpc) is 3.13. The van der Waals surface area contributed by atoms with Crippen LogP contribution in [0, 0.1) is 11.6 Å². The Labute approximate surface area is 164 Å². The summed E-state index contributed by atoms with van der Waals surface area (Å²) in [6.45, 7) is 0. The molecule has 11 heteroatoms. The number of nitrogens with zero attached hydrogens (tertiary/aromatic N) is 3. The topological polar surface area (TPSA) is 83.6 Å². The van der Waals surface area contributed by atoms with E-state index in [2.05, 4.69) is 25.5 Å². The predicted octanol–water partition coefficient (Wildman–Crippen LogP) is 4.57. The van der Waals surface area contributed by atoms with Gasteiger partial charge in [0.15, 0.2) is 17.3 Å². The van der Waals surface area contributed by atoms with E-state index in [1.807, 2.05) is 0 Å². The van der Waals surface area contributed by atoms with Crippen LogP contribution >= 0.6 is 0 Å². The molecule has 2 N–H and O–H groups in total. The minimum atomic E-state index is -4.70. The number of carbonyl (C=O) groups excluding carboxylic acids is 1. The first-order valence-corrected chi connectivity index (χ1v) is 8.37. The zero-order valence-corrected chi connectivity index (χ0v) is 14.8. The Kier molecular flexibility index (Phi) is 4.65. The molecule has 2 aromatic heterocycles. The van der Waals surface area contributed by atoms with Crippen molar-refractivity contribution in [1.29, 1.82) is 0 Å². The van der Waals surface area contributed by atoms with Crippen LogP contribution in [0.1, 0.15) is 16.3 Å². The monoisotopic (exact) mass is 419 g/mol. The van der Waals surface area contributed by atoms with Crippen molar-refractivity contribution in [2.24, 2.45) is 0 Å². The highest BCUT2D eigenvalue weighted by Gasteiger charge is 2.34. The number of H-pyrrole nitrogens is 1. The molecule has 0 aliphatic heterocycles. The van der Waals surface area contributed by atoms with Gasteiger partial charge in [-0.05, 0) is 23.8 Å². The number of anilines is 1. The number of carbonyl (C=O) groups is 1. The zero-order valence-electron chi connectivity index (χ0n) is 14.8. The molecule has 0 unspecified atom stereocenters. The average molecular weight is 419 g/mol. The first kappa shape index (κ1) is 19.4. The molecule has 0 spiro atoms. The molecule has 30 heavy (non-hydrogen) atoms. The Balaban J connectivity index is 1.66. The van der Waals surface area contributed by atoms with Crippen molar-refractivity contribution >= 4 is 22.5 Å². The van der Waals surface area contributed by atoms with E-state index in [1.54, 1.807) is 6.07 Å². The van der Waals surface area contributed by atoms with Crippen molar-refractivity contribution in [3.8, 4) is 11.1 Å². The fourth-order valence-electron chi connectivity index (χ4n) is 2.81. The molecule has 0 aliphatic rings. The molecule has 0 fully saturated rings. The molecule has 0 radical (unpaired) electrons. The number of fused-ring (bicyclic) bond motifs is 1. The van der Waals surface area contributed by atoms with Crippen LogP contribution in [-0.4, -0.2) is 26.1 Å². The molecule has 0 bridgehead atoms. The summed E-state index contributed by atoms with van der Waals surface area (Å²) in [5.74, 6) is -4.14. The zero-order chi connectivity index (χ0) is 21.5. The van der Waals surface area contributed by atoms with Crippen LogP contribution < -0.4 is 5.32 Å². The van der Waals surface area contributed by atoms with E-state index in [0.29, 0.717) is 16.5 Å². The van der Waals surface area contributed by atoms with Gasteiger partial charge in [0, 0.05) is 10.9 Å². The number of nitrogens with one attached hydrogen (secondary N) is 2. The lowest BCUT2D eigenvalue weighted by atomic mass is 10.0. The van der Waals surface area contributed by atoms with E-state index in [9.17, 15) is 26.7 Å². The molecule has 4 aromatic rings. The largest absolute Gasteiger partial charge is 0.451 e. The SMILES string of the molecule is O=C(Nc1cnc(C(F)(F)F)nc1)c1n[nH]c2ccc(-c3cccc(F)c3F)cc12. The van der Waals surface area contributed by atoms with Crippen molar-refractivity contribution in [2.45, 2.75) is 6.18 Å². The highest BCUT2D eigenvalue weighted by Crippen LogP contribution is 2.29. The van der Waals surface area contributed by atoms with Crippen LogP contribution in [0.5, 0.6) is 0 Å². The van der Waals surface area contributed by atoms with Crippen LogP contribution in [0.4, 0.5) is 27.6 Å². The van der Waals surface area contributed by atoms with Crippen molar-refractivity contribution in [3.63, 3.8) is 0 Å². The van der Waals surface area contributed by atoms with Gasteiger partial charge in [0.2, 0.25) is 5.82 Å². The molecule has 0 atom stereocenters.